The van der Waals surface area contributed by atoms with Gasteiger partial charge in [-0.1, -0.05) is 25.1 Å². The van der Waals surface area contributed by atoms with E-state index < -0.39 is 12.1 Å². The number of halogens is 3. The number of hydrogen-bond acceptors (Lipinski definition) is 4. The molecule has 1 aromatic heterocycles. The van der Waals surface area contributed by atoms with Gasteiger partial charge in [-0.25, -0.2) is 0 Å². The predicted octanol–water partition coefficient (Wildman–Crippen LogP) is 4.63. The minimum atomic E-state index is -4.10. The summed E-state index contributed by atoms with van der Waals surface area (Å²) in [7, 11) is 0. The molecule has 5 nitrogen and oxygen atoms in total. The summed E-state index contributed by atoms with van der Waals surface area (Å²) < 4.78 is 44.6. The molecule has 3 rings (SSSR count). The Bertz CT molecular complexity index is 695. The Morgan fingerprint density at radius 2 is 1.96 bits per heavy atom. The zero-order valence-corrected chi connectivity index (χ0v) is 14.7. The molecule has 1 aliphatic rings. The molecular formula is C18H23F3N4O. The Kier molecular flexibility index (Phi) is 5.90. The second-order valence-electron chi connectivity index (χ2n) is 6.76. The summed E-state index contributed by atoms with van der Waals surface area (Å²) in [6.07, 6.45) is -1.84. The molecule has 1 fully saturated rings. The molecule has 1 saturated carbocycles. The average Bonchev–Trinajstić information content (AvgIpc) is 3.15. The summed E-state index contributed by atoms with van der Waals surface area (Å²) in [6.45, 7) is 3.10. The van der Waals surface area contributed by atoms with Gasteiger partial charge in [-0.3, -0.25) is 0 Å². The molecule has 1 aromatic carbocycles. The van der Waals surface area contributed by atoms with Gasteiger partial charge < -0.3 is 4.74 Å². The summed E-state index contributed by atoms with van der Waals surface area (Å²) in [6, 6.07) is 5.85. The van der Waals surface area contributed by atoms with Crippen molar-refractivity contribution in [2.24, 2.45) is 5.92 Å². The molecule has 1 heterocycles. The highest BCUT2D eigenvalue weighted by Gasteiger charge is 2.42. The van der Waals surface area contributed by atoms with Gasteiger partial charge in [-0.05, 0) is 54.4 Å². The minimum absolute atomic E-state index is 0.0632. The number of ether oxygens (including phenoxy) is 1. The molecule has 0 saturated heterocycles. The van der Waals surface area contributed by atoms with Crippen molar-refractivity contribution in [1.82, 2.24) is 20.6 Å². The maximum absolute atomic E-state index is 13.0. The number of aromatic nitrogens is 4. The van der Waals surface area contributed by atoms with Crippen LogP contribution in [0.5, 0.6) is 0 Å². The Morgan fingerprint density at radius 1 is 1.19 bits per heavy atom. The first-order chi connectivity index (χ1) is 12.5. The average molecular weight is 368 g/mol. The molecule has 2 aromatic rings. The van der Waals surface area contributed by atoms with E-state index in [1.165, 1.54) is 0 Å². The lowest BCUT2D eigenvalue weighted by Crippen LogP contribution is -2.27. The monoisotopic (exact) mass is 368 g/mol. The normalized spacial score (nSPS) is 21.1. The van der Waals surface area contributed by atoms with Crippen LogP contribution in [0, 0.1) is 5.92 Å². The number of benzene rings is 1. The molecule has 1 aliphatic carbocycles. The van der Waals surface area contributed by atoms with E-state index in [0.29, 0.717) is 31.9 Å². The van der Waals surface area contributed by atoms with E-state index in [-0.39, 0.29) is 18.8 Å². The largest absolute Gasteiger partial charge is 0.391 e. The highest BCUT2D eigenvalue weighted by atomic mass is 19.4. The van der Waals surface area contributed by atoms with E-state index in [4.69, 9.17) is 4.74 Å². The van der Waals surface area contributed by atoms with Gasteiger partial charge in [0.1, 0.15) is 0 Å². The van der Waals surface area contributed by atoms with Crippen molar-refractivity contribution in [3.05, 3.63) is 29.3 Å². The smallest absolute Gasteiger partial charge is 0.377 e. The maximum atomic E-state index is 13.0. The molecule has 1 N–H and O–H groups in total. The van der Waals surface area contributed by atoms with Crippen LogP contribution in [0.25, 0.3) is 11.4 Å². The Balaban J connectivity index is 1.86. The molecule has 0 radical (unpaired) electrons. The van der Waals surface area contributed by atoms with Crippen molar-refractivity contribution in [3.8, 4) is 11.4 Å². The van der Waals surface area contributed by atoms with Crippen LogP contribution in [0.2, 0.25) is 0 Å². The number of tetrazole rings is 1. The maximum Gasteiger partial charge on any atom is 0.391 e. The van der Waals surface area contributed by atoms with E-state index >= 15 is 0 Å². The quantitative estimate of drug-likeness (QED) is 0.755. The number of rotatable bonds is 6. The van der Waals surface area contributed by atoms with Crippen LogP contribution in [0.3, 0.4) is 0 Å². The van der Waals surface area contributed by atoms with Crippen molar-refractivity contribution in [3.63, 3.8) is 0 Å². The zero-order valence-electron chi connectivity index (χ0n) is 14.7. The fourth-order valence-corrected chi connectivity index (χ4v) is 3.68. The van der Waals surface area contributed by atoms with E-state index in [9.17, 15) is 13.2 Å². The lowest BCUT2D eigenvalue weighted by Gasteiger charge is -2.31. The fraction of sp³-hybridized carbons (Fsp3) is 0.611. The number of hydrogen-bond donors (Lipinski definition) is 1. The van der Waals surface area contributed by atoms with Crippen molar-refractivity contribution < 1.29 is 17.9 Å². The Hall–Kier alpha value is -1.96. The van der Waals surface area contributed by atoms with Gasteiger partial charge in [0.2, 0.25) is 5.82 Å². The zero-order chi connectivity index (χ0) is 18.6. The van der Waals surface area contributed by atoms with Crippen molar-refractivity contribution in [1.29, 1.82) is 0 Å². The van der Waals surface area contributed by atoms with Gasteiger partial charge in [0.05, 0.1) is 12.5 Å². The van der Waals surface area contributed by atoms with Crippen molar-refractivity contribution in [2.75, 3.05) is 6.61 Å². The van der Waals surface area contributed by atoms with Crippen LogP contribution >= 0.6 is 0 Å². The molecule has 0 bridgehead atoms. The van der Waals surface area contributed by atoms with Crippen molar-refractivity contribution in [2.45, 2.75) is 57.7 Å². The van der Waals surface area contributed by atoms with Gasteiger partial charge in [-0.2, -0.15) is 18.4 Å². The first-order valence-electron chi connectivity index (χ1n) is 9.00. The number of alkyl halides is 3. The van der Waals surface area contributed by atoms with Gasteiger partial charge in [0.15, 0.2) is 0 Å². The predicted molar refractivity (Wildman–Crippen MR) is 90.3 cm³/mol. The first kappa shape index (κ1) is 18.8. The van der Waals surface area contributed by atoms with Crippen LogP contribution in [-0.2, 0) is 11.3 Å². The van der Waals surface area contributed by atoms with E-state index in [1.807, 2.05) is 25.1 Å². The second kappa shape index (κ2) is 8.16. The number of nitrogens with zero attached hydrogens (tertiary/aromatic N) is 3. The Labute approximate surface area is 150 Å². The molecule has 0 aliphatic heterocycles. The molecule has 8 heteroatoms. The summed E-state index contributed by atoms with van der Waals surface area (Å²) in [5, 5.41) is 14.3. The first-order valence-corrected chi connectivity index (χ1v) is 9.00. The molecule has 0 spiro atoms. The molecule has 0 amide bonds. The van der Waals surface area contributed by atoms with E-state index in [2.05, 4.69) is 20.6 Å². The molecule has 26 heavy (non-hydrogen) atoms. The van der Waals surface area contributed by atoms with Gasteiger partial charge in [-0.15, -0.1) is 10.2 Å². The standard InChI is InChI=1S/C18H23F3N4O/c1-2-10-26-11-13-4-3-5-15(16(13)17-22-24-25-23-17)12-6-8-14(9-7-12)18(19,20)21/h3-5,12,14H,2,6-11H2,1H3,(H,22,23,24,25). The number of H-pyrrole nitrogens is 1. The summed E-state index contributed by atoms with van der Waals surface area (Å²) >= 11 is 0. The van der Waals surface area contributed by atoms with Gasteiger partial charge in [0, 0.05) is 12.2 Å². The lowest BCUT2D eigenvalue weighted by atomic mass is 9.76. The van der Waals surface area contributed by atoms with Crippen LogP contribution in [0.15, 0.2) is 18.2 Å². The second-order valence-corrected chi connectivity index (χ2v) is 6.76. The topological polar surface area (TPSA) is 63.7 Å². The van der Waals surface area contributed by atoms with Crippen LogP contribution in [0.1, 0.15) is 56.1 Å². The van der Waals surface area contributed by atoms with E-state index in [0.717, 1.165) is 23.1 Å². The van der Waals surface area contributed by atoms with Gasteiger partial charge in [0.25, 0.3) is 0 Å². The summed E-state index contributed by atoms with van der Waals surface area (Å²) in [5.74, 6) is -0.662. The van der Waals surface area contributed by atoms with E-state index in [1.54, 1.807) is 0 Å². The third kappa shape index (κ3) is 4.23. The SMILES string of the molecule is CCCOCc1cccc(C2CCC(C(F)(F)F)CC2)c1-c1nn[nH]n1. The van der Waals surface area contributed by atoms with Crippen LogP contribution < -0.4 is 0 Å². The lowest BCUT2D eigenvalue weighted by molar-refractivity contribution is -0.182. The highest BCUT2D eigenvalue weighted by molar-refractivity contribution is 5.65. The van der Waals surface area contributed by atoms with Crippen molar-refractivity contribution >= 4 is 0 Å². The highest BCUT2D eigenvalue weighted by Crippen LogP contribution is 2.45. The molecule has 0 unspecified atom stereocenters. The molecule has 142 valence electrons. The summed E-state index contributed by atoms with van der Waals surface area (Å²) in [5.41, 5.74) is 2.77. The number of nitrogens with one attached hydrogen (secondary N) is 1. The Morgan fingerprint density at radius 3 is 2.58 bits per heavy atom. The number of aromatic amines is 1. The fourth-order valence-electron chi connectivity index (χ4n) is 3.68. The summed E-state index contributed by atoms with van der Waals surface area (Å²) in [4.78, 5) is 0. The molecular weight excluding hydrogens is 345 g/mol. The van der Waals surface area contributed by atoms with Crippen LogP contribution in [0.4, 0.5) is 13.2 Å². The minimum Gasteiger partial charge on any atom is -0.377 e. The third-order valence-corrected chi connectivity index (χ3v) is 4.99. The molecule has 0 atom stereocenters. The third-order valence-electron chi connectivity index (χ3n) is 4.99. The van der Waals surface area contributed by atoms with Gasteiger partial charge >= 0.3 is 6.18 Å². The van der Waals surface area contributed by atoms with Crippen LogP contribution in [-0.4, -0.2) is 33.4 Å².